The van der Waals surface area contributed by atoms with Gasteiger partial charge in [-0.25, -0.2) is 0 Å². The van der Waals surface area contributed by atoms with Crippen molar-refractivity contribution >= 4 is 11.6 Å². The van der Waals surface area contributed by atoms with E-state index in [1.165, 1.54) is 5.56 Å². The smallest absolute Gasteiger partial charge is 0.191 e. The van der Waals surface area contributed by atoms with E-state index in [0.717, 1.165) is 19.3 Å². The highest BCUT2D eigenvalue weighted by atomic mass is 16.3. The van der Waals surface area contributed by atoms with E-state index in [1.54, 1.807) is 12.1 Å². The highest BCUT2D eigenvalue weighted by Gasteiger charge is 2.19. The zero-order valence-corrected chi connectivity index (χ0v) is 11.7. The van der Waals surface area contributed by atoms with Gasteiger partial charge in [0.05, 0.1) is 0 Å². The molecule has 0 aliphatic rings. The Morgan fingerprint density at radius 1 is 1.11 bits per heavy atom. The second-order valence-electron chi connectivity index (χ2n) is 4.82. The second kappa shape index (κ2) is 7.85. The van der Waals surface area contributed by atoms with E-state index in [-0.39, 0.29) is 18.0 Å². The molecule has 0 fully saturated rings. The van der Waals surface area contributed by atoms with Gasteiger partial charge in [0.15, 0.2) is 5.78 Å². The maximum Gasteiger partial charge on any atom is 0.191 e. The van der Waals surface area contributed by atoms with Gasteiger partial charge in [-0.05, 0) is 18.4 Å². The summed E-state index contributed by atoms with van der Waals surface area (Å²) in [5, 5.41) is 9.77. The lowest BCUT2D eigenvalue weighted by Crippen LogP contribution is -2.23. The highest BCUT2D eigenvalue weighted by molar-refractivity contribution is 6.01. The van der Waals surface area contributed by atoms with Crippen LogP contribution in [0, 0.1) is 0 Å². The van der Waals surface area contributed by atoms with Gasteiger partial charge in [-0.3, -0.25) is 9.59 Å². The first-order valence-corrected chi connectivity index (χ1v) is 6.91. The quantitative estimate of drug-likeness (QED) is 0.733. The molecule has 1 N–H and O–H groups in total. The molecule has 0 bridgehead atoms. The number of Topliss-reactive ketones (excluding diaryl/α,β-unsaturated/α-hetero) is 2. The van der Waals surface area contributed by atoms with Gasteiger partial charge in [0.1, 0.15) is 11.9 Å². The first-order valence-electron chi connectivity index (χ1n) is 6.91. The molecule has 0 saturated carbocycles. The molecular formula is C16H22O3. The van der Waals surface area contributed by atoms with Crippen molar-refractivity contribution in [3.63, 3.8) is 0 Å². The fraction of sp³-hybridized carbons (Fsp3) is 0.500. The molecule has 0 radical (unpaired) electrons. The summed E-state index contributed by atoms with van der Waals surface area (Å²) >= 11 is 0. The van der Waals surface area contributed by atoms with Gasteiger partial charge in [0.25, 0.3) is 0 Å². The Labute approximate surface area is 114 Å². The molecular weight excluding hydrogens is 240 g/mol. The molecule has 104 valence electrons. The van der Waals surface area contributed by atoms with E-state index in [4.69, 9.17) is 0 Å². The number of carbonyl (C=O) groups excluding carboxylic acids is 2. The van der Waals surface area contributed by atoms with Crippen molar-refractivity contribution in [1.82, 2.24) is 0 Å². The summed E-state index contributed by atoms with van der Waals surface area (Å²) in [5.41, 5.74) is 1.65. The van der Waals surface area contributed by atoms with Gasteiger partial charge in [0.2, 0.25) is 0 Å². The van der Waals surface area contributed by atoms with E-state index in [0.29, 0.717) is 12.0 Å². The standard InChI is InChI=1S/C16H22O3/c1-3-5-12-7-9-13(10-8-12)16(19)15(18)11-14(17)6-4-2/h7-10,15,18H,3-6,11H2,1-2H3. The minimum Gasteiger partial charge on any atom is -0.384 e. The fourth-order valence-corrected chi connectivity index (χ4v) is 2.01. The first kappa shape index (κ1) is 15.6. The Bertz CT molecular complexity index is 420. The molecule has 0 aliphatic heterocycles. The predicted molar refractivity (Wildman–Crippen MR) is 75.3 cm³/mol. The van der Waals surface area contributed by atoms with E-state index in [9.17, 15) is 14.7 Å². The molecule has 0 amide bonds. The third-order valence-corrected chi connectivity index (χ3v) is 3.03. The zero-order chi connectivity index (χ0) is 14.3. The number of carbonyl (C=O) groups is 2. The average molecular weight is 262 g/mol. The SMILES string of the molecule is CCCC(=O)CC(O)C(=O)c1ccc(CCC)cc1. The molecule has 0 aromatic heterocycles. The van der Waals surface area contributed by atoms with Crippen LogP contribution >= 0.6 is 0 Å². The minimum atomic E-state index is -1.21. The van der Waals surface area contributed by atoms with Crippen molar-refractivity contribution in [2.24, 2.45) is 0 Å². The van der Waals surface area contributed by atoms with Crippen LogP contribution in [0.15, 0.2) is 24.3 Å². The molecule has 0 saturated heterocycles. The molecule has 19 heavy (non-hydrogen) atoms. The summed E-state index contributed by atoms with van der Waals surface area (Å²) < 4.78 is 0. The number of aliphatic hydroxyl groups excluding tert-OH is 1. The van der Waals surface area contributed by atoms with Crippen LogP contribution < -0.4 is 0 Å². The van der Waals surface area contributed by atoms with Gasteiger partial charge in [-0.2, -0.15) is 0 Å². The number of hydrogen-bond acceptors (Lipinski definition) is 3. The number of aryl methyl sites for hydroxylation is 1. The molecule has 1 aromatic rings. The van der Waals surface area contributed by atoms with E-state index >= 15 is 0 Å². The molecule has 3 heteroatoms. The second-order valence-corrected chi connectivity index (χ2v) is 4.82. The van der Waals surface area contributed by atoms with E-state index in [2.05, 4.69) is 6.92 Å². The Hall–Kier alpha value is -1.48. The minimum absolute atomic E-state index is 0.0639. The van der Waals surface area contributed by atoms with Crippen molar-refractivity contribution in [2.75, 3.05) is 0 Å². The summed E-state index contributed by atoms with van der Waals surface area (Å²) in [5.74, 6) is -0.432. The highest BCUT2D eigenvalue weighted by Crippen LogP contribution is 2.11. The van der Waals surface area contributed by atoms with Gasteiger partial charge >= 0.3 is 0 Å². The van der Waals surface area contributed by atoms with Crippen LogP contribution in [0.5, 0.6) is 0 Å². The molecule has 1 atom stereocenters. The van der Waals surface area contributed by atoms with Crippen LogP contribution in [0.2, 0.25) is 0 Å². The largest absolute Gasteiger partial charge is 0.384 e. The molecule has 3 nitrogen and oxygen atoms in total. The van der Waals surface area contributed by atoms with E-state index in [1.807, 2.05) is 19.1 Å². The van der Waals surface area contributed by atoms with Crippen molar-refractivity contribution in [2.45, 2.75) is 52.1 Å². The summed E-state index contributed by atoms with van der Waals surface area (Å²) in [4.78, 5) is 23.4. The maximum atomic E-state index is 12.0. The number of ketones is 2. The normalized spacial score (nSPS) is 12.2. The van der Waals surface area contributed by atoms with Crippen LogP contribution in [-0.4, -0.2) is 22.8 Å². The first-order chi connectivity index (χ1) is 9.08. The summed E-state index contributed by atoms with van der Waals surface area (Å²) in [6, 6.07) is 7.25. The van der Waals surface area contributed by atoms with Crippen LogP contribution in [0.3, 0.4) is 0 Å². The van der Waals surface area contributed by atoms with Crippen LogP contribution in [0.4, 0.5) is 0 Å². The Kier molecular flexibility index (Phi) is 6.43. The third kappa shape index (κ3) is 4.95. The number of hydrogen-bond donors (Lipinski definition) is 1. The van der Waals surface area contributed by atoms with Crippen molar-refractivity contribution in [1.29, 1.82) is 0 Å². The summed E-state index contributed by atoms with van der Waals surface area (Å²) in [6.45, 7) is 4.00. The fourth-order valence-electron chi connectivity index (χ4n) is 2.01. The van der Waals surface area contributed by atoms with Gasteiger partial charge in [-0.1, -0.05) is 44.5 Å². The third-order valence-electron chi connectivity index (χ3n) is 3.03. The molecule has 1 rings (SSSR count). The predicted octanol–water partition coefficient (Wildman–Crippen LogP) is 2.94. The molecule has 0 spiro atoms. The average Bonchev–Trinajstić information content (AvgIpc) is 2.39. The van der Waals surface area contributed by atoms with Crippen molar-refractivity contribution in [3.8, 4) is 0 Å². The Morgan fingerprint density at radius 2 is 1.74 bits per heavy atom. The Balaban J connectivity index is 2.63. The van der Waals surface area contributed by atoms with Gasteiger partial charge in [-0.15, -0.1) is 0 Å². The lowest BCUT2D eigenvalue weighted by molar-refractivity contribution is -0.120. The maximum absolute atomic E-state index is 12.0. The number of aliphatic hydroxyl groups is 1. The molecule has 1 unspecified atom stereocenters. The number of benzene rings is 1. The topological polar surface area (TPSA) is 54.4 Å². The zero-order valence-electron chi connectivity index (χ0n) is 11.7. The van der Waals surface area contributed by atoms with Crippen LogP contribution in [0.1, 0.15) is 55.5 Å². The van der Waals surface area contributed by atoms with Crippen molar-refractivity contribution in [3.05, 3.63) is 35.4 Å². The van der Waals surface area contributed by atoms with Gasteiger partial charge < -0.3 is 5.11 Å². The number of rotatable bonds is 8. The monoisotopic (exact) mass is 262 g/mol. The summed E-state index contributed by atoms with van der Waals surface area (Å²) in [7, 11) is 0. The van der Waals surface area contributed by atoms with Crippen LogP contribution in [-0.2, 0) is 11.2 Å². The Morgan fingerprint density at radius 3 is 2.26 bits per heavy atom. The lowest BCUT2D eigenvalue weighted by Gasteiger charge is -2.09. The molecule has 0 aliphatic carbocycles. The van der Waals surface area contributed by atoms with Gasteiger partial charge in [0, 0.05) is 18.4 Å². The summed E-state index contributed by atoms with van der Waals surface area (Å²) in [6.07, 6.45) is 1.90. The molecule has 0 heterocycles. The van der Waals surface area contributed by atoms with Crippen LogP contribution in [0.25, 0.3) is 0 Å². The lowest BCUT2D eigenvalue weighted by atomic mass is 9.99. The van der Waals surface area contributed by atoms with Crippen molar-refractivity contribution < 1.29 is 14.7 Å². The molecule has 1 aromatic carbocycles. The van der Waals surface area contributed by atoms with E-state index < -0.39 is 6.10 Å².